The molecule has 8 nitrogen and oxygen atoms in total. The fourth-order valence-electron chi connectivity index (χ4n) is 4.11. The highest BCUT2D eigenvalue weighted by Crippen LogP contribution is 2.42. The van der Waals surface area contributed by atoms with Crippen molar-refractivity contribution in [2.75, 3.05) is 38.2 Å². The second-order valence-electron chi connectivity index (χ2n) is 8.98. The summed E-state index contributed by atoms with van der Waals surface area (Å²) < 4.78 is 16.4. The highest BCUT2D eigenvalue weighted by Gasteiger charge is 2.26. The van der Waals surface area contributed by atoms with Gasteiger partial charge in [-0.25, -0.2) is 0 Å². The van der Waals surface area contributed by atoms with Crippen LogP contribution in [0.4, 0.5) is 5.69 Å². The number of amides is 1. The third kappa shape index (κ3) is 9.26. The van der Waals surface area contributed by atoms with Crippen LogP contribution in [0.5, 0.6) is 11.5 Å². The molecular weight excluding hydrogens is 460 g/mol. The minimum absolute atomic E-state index is 0.152. The molecule has 0 aliphatic carbocycles. The van der Waals surface area contributed by atoms with Crippen LogP contribution >= 0.6 is 0 Å². The highest BCUT2D eigenvalue weighted by atomic mass is 16.5. The van der Waals surface area contributed by atoms with E-state index in [1.165, 1.54) is 12.5 Å². The molecule has 1 heterocycles. The summed E-state index contributed by atoms with van der Waals surface area (Å²) in [6, 6.07) is 13.8. The van der Waals surface area contributed by atoms with E-state index in [2.05, 4.69) is 34.9 Å². The zero-order chi connectivity index (χ0) is 25.6. The third-order valence-corrected chi connectivity index (χ3v) is 5.95. The number of esters is 1. The van der Waals surface area contributed by atoms with Gasteiger partial charge >= 0.3 is 5.97 Å². The number of rotatable bonds is 16. The van der Waals surface area contributed by atoms with Gasteiger partial charge in [-0.2, -0.15) is 0 Å². The van der Waals surface area contributed by atoms with Crippen LogP contribution in [0.25, 0.3) is 0 Å². The first-order chi connectivity index (χ1) is 17.5. The Labute approximate surface area is 213 Å². The molecule has 2 aromatic rings. The van der Waals surface area contributed by atoms with Crippen molar-refractivity contribution in [3.8, 4) is 11.5 Å². The van der Waals surface area contributed by atoms with Crippen LogP contribution in [0.3, 0.4) is 0 Å². The summed E-state index contributed by atoms with van der Waals surface area (Å²) in [5, 5.41) is 16.6. The first-order valence-corrected chi connectivity index (χ1v) is 12.8. The zero-order valence-corrected chi connectivity index (χ0v) is 21.1. The smallest absolute Gasteiger partial charge is 0.308 e. The molecule has 8 heteroatoms. The van der Waals surface area contributed by atoms with Crippen LogP contribution in [0.2, 0.25) is 0 Å². The number of anilines is 1. The molecule has 2 aromatic carbocycles. The van der Waals surface area contributed by atoms with Crippen LogP contribution in [0, 0.1) is 0 Å². The molecule has 1 aliphatic heterocycles. The Balaban J connectivity index is 1.24. The van der Waals surface area contributed by atoms with Crippen LogP contribution in [0.15, 0.2) is 42.5 Å². The van der Waals surface area contributed by atoms with Crippen molar-refractivity contribution in [2.24, 2.45) is 0 Å². The normalized spacial score (nSPS) is 13.4. The van der Waals surface area contributed by atoms with Crippen molar-refractivity contribution in [3.05, 3.63) is 53.6 Å². The standard InChI is InChI=1S/C28H38N2O6/c1-21(31)36-25-15-14-23(28-27(25)30-26(33)20-35-28)24(32)19-29-16-8-2-3-9-17-34-18-10-7-13-22-11-5-4-6-12-22/h4-6,11-12,14-15,24,29,32H,2-3,7-10,13,16-20H2,1H3,(H,30,33). The molecule has 1 atom stereocenters. The Hall–Kier alpha value is -2.94. The molecule has 0 spiro atoms. The summed E-state index contributed by atoms with van der Waals surface area (Å²) in [6.07, 6.45) is 6.82. The number of hydrogen-bond acceptors (Lipinski definition) is 7. The van der Waals surface area contributed by atoms with Crippen LogP contribution in [-0.4, -0.2) is 49.9 Å². The number of fused-ring (bicyclic) bond motifs is 1. The summed E-state index contributed by atoms with van der Waals surface area (Å²) in [6.45, 7) is 3.91. The van der Waals surface area contributed by atoms with E-state index in [0.717, 1.165) is 64.7 Å². The van der Waals surface area contributed by atoms with Crippen LogP contribution in [0.1, 0.15) is 62.7 Å². The Bertz CT molecular complexity index is 966. The van der Waals surface area contributed by atoms with Gasteiger partial charge in [0.25, 0.3) is 5.91 Å². The second kappa shape index (κ2) is 15.2. The molecule has 0 radical (unpaired) electrons. The van der Waals surface area contributed by atoms with E-state index in [1.54, 1.807) is 12.1 Å². The molecule has 0 saturated carbocycles. The lowest BCUT2D eigenvalue weighted by Crippen LogP contribution is -2.28. The molecule has 0 saturated heterocycles. The minimum atomic E-state index is -0.824. The van der Waals surface area contributed by atoms with Crippen molar-refractivity contribution < 1.29 is 28.9 Å². The lowest BCUT2D eigenvalue weighted by molar-refractivity contribution is -0.132. The molecule has 3 N–H and O–H groups in total. The molecule has 1 unspecified atom stereocenters. The maximum Gasteiger partial charge on any atom is 0.308 e. The highest BCUT2D eigenvalue weighted by molar-refractivity contribution is 5.98. The molecular formula is C28H38N2O6. The van der Waals surface area contributed by atoms with Crippen molar-refractivity contribution in [2.45, 2.75) is 58.0 Å². The first-order valence-electron chi connectivity index (χ1n) is 12.8. The van der Waals surface area contributed by atoms with Crippen LogP contribution in [-0.2, 0) is 20.7 Å². The average Bonchev–Trinajstić information content (AvgIpc) is 2.87. The number of benzene rings is 2. The maximum absolute atomic E-state index is 11.7. The summed E-state index contributed by atoms with van der Waals surface area (Å²) in [5.74, 6) is -0.306. The Kier molecular flexibility index (Phi) is 11.7. The lowest BCUT2D eigenvalue weighted by Gasteiger charge is -2.24. The summed E-state index contributed by atoms with van der Waals surface area (Å²) >= 11 is 0. The third-order valence-electron chi connectivity index (χ3n) is 5.95. The summed E-state index contributed by atoms with van der Waals surface area (Å²) in [5.41, 5.74) is 2.20. The topological polar surface area (TPSA) is 106 Å². The first kappa shape index (κ1) is 27.6. The van der Waals surface area contributed by atoms with Gasteiger partial charge in [0, 0.05) is 32.2 Å². The average molecular weight is 499 g/mol. The van der Waals surface area contributed by atoms with Gasteiger partial charge in [0.05, 0.1) is 6.10 Å². The monoisotopic (exact) mass is 498 g/mol. The van der Waals surface area contributed by atoms with E-state index in [0.29, 0.717) is 17.9 Å². The maximum atomic E-state index is 11.7. The van der Waals surface area contributed by atoms with E-state index in [-0.39, 0.29) is 24.0 Å². The molecule has 36 heavy (non-hydrogen) atoms. The fraction of sp³-hybridized carbons (Fsp3) is 0.500. The van der Waals surface area contributed by atoms with Crippen molar-refractivity contribution in [1.82, 2.24) is 5.32 Å². The number of ether oxygens (including phenoxy) is 3. The molecule has 0 aromatic heterocycles. The number of aliphatic hydroxyl groups is 1. The number of carbonyl (C=O) groups is 2. The van der Waals surface area contributed by atoms with Gasteiger partial charge in [0.1, 0.15) is 5.69 Å². The molecule has 1 aliphatic rings. The van der Waals surface area contributed by atoms with E-state index < -0.39 is 12.1 Å². The van der Waals surface area contributed by atoms with Gasteiger partial charge in [-0.15, -0.1) is 0 Å². The predicted molar refractivity (Wildman–Crippen MR) is 138 cm³/mol. The quantitative estimate of drug-likeness (QED) is 0.181. The van der Waals surface area contributed by atoms with E-state index >= 15 is 0 Å². The van der Waals surface area contributed by atoms with Gasteiger partial charge < -0.3 is 30.0 Å². The zero-order valence-electron chi connectivity index (χ0n) is 21.1. The molecule has 196 valence electrons. The number of aliphatic hydroxyl groups excluding tert-OH is 1. The van der Waals surface area contributed by atoms with E-state index in [1.807, 2.05) is 6.07 Å². The van der Waals surface area contributed by atoms with Crippen molar-refractivity contribution >= 4 is 17.6 Å². The van der Waals surface area contributed by atoms with Crippen molar-refractivity contribution in [1.29, 1.82) is 0 Å². The number of aryl methyl sites for hydroxylation is 1. The molecule has 1 amide bonds. The second-order valence-corrected chi connectivity index (χ2v) is 8.98. The Morgan fingerprint density at radius 1 is 1.06 bits per heavy atom. The van der Waals surface area contributed by atoms with E-state index in [9.17, 15) is 14.7 Å². The largest absolute Gasteiger partial charge is 0.481 e. The number of unbranched alkanes of at least 4 members (excludes halogenated alkanes) is 4. The molecule has 0 bridgehead atoms. The van der Waals surface area contributed by atoms with Gasteiger partial charge in [-0.3, -0.25) is 9.59 Å². The number of hydrogen-bond donors (Lipinski definition) is 3. The Morgan fingerprint density at radius 3 is 2.58 bits per heavy atom. The van der Waals surface area contributed by atoms with Crippen molar-refractivity contribution in [3.63, 3.8) is 0 Å². The van der Waals surface area contributed by atoms with Gasteiger partial charge in [-0.05, 0) is 56.3 Å². The summed E-state index contributed by atoms with van der Waals surface area (Å²) in [7, 11) is 0. The van der Waals surface area contributed by atoms with E-state index in [4.69, 9.17) is 14.2 Å². The van der Waals surface area contributed by atoms with Gasteiger partial charge in [-0.1, -0.05) is 43.2 Å². The molecule has 0 fully saturated rings. The predicted octanol–water partition coefficient (Wildman–Crippen LogP) is 4.17. The minimum Gasteiger partial charge on any atom is -0.481 e. The Morgan fingerprint density at radius 2 is 1.81 bits per heavy atom. The number of carbonyl (C=O) groups excluding carboxylic acids is 2. The lowest BCUT2D eigenvalue weighted by atomic mass is 10.0. The van der Waals surface area contributed by atoms with Crippen LogP contribution < -0.4 is 20.1 Å². The molecule has 3 rings (SSSR count). The number of nitrogens with one attached hydrogen (secondary N) is 2. The fourth-order valence-corrected chi connectivity index (χ4v) is 4.11. The van der Waals surface area contributed by atoms with Gasteiger partial charge in [0.2, 0.25) is 0 Å². The van der Waals surface area contributed by atoms with Gasteiger partial charge in [0.15, 0.2) is 18.1 Å². The summed E-state index contributed by atoms with van der Waals surface area (Å²) in [4.78, 5) is 23.1. The SMILES string of the molecule is CC(=O)Oc1ccc(C(O)CNCCCCCCOCCCCc2ccccc2)c2c1NC(=O)CO2.